The molecule has 0 aliphatic heterocycles. The number of phenols is 1. The Morgan fingerprint density at radius 2 is 2.00 bits per heavy atom. The molecule has 0 atom stereocenters. The van der Waals surface area contributed by atoms with Crippen molar-refractivity contribution in [3.63, 3.8) is 0 Å². The molecule has 0 radical (unpaired) electrons. The third-order valence-electron chi connectivity index (χ3n) is 2.68. The summed E-state index contributed by atoms with van der Waals surface area (Å²) in [5.74, 6) is -2.09. The molecule has 1 rings (SSSR count). The van der Waals surface area contributed by atoms with Gasteiger partial charge in [-0.15, -0.1) is 0 Å². The zero-order valence-corrected chi connectivity index (χ0v) is 11.1. The van der Waals surface area contributed by atoms with Crippen molar-refractivity contribution in [2.45, 2.75) is 25.9 Å². The summed E-state index contributed by atoms with van der Waals surface area (Å²) in [6.07, 6.45) is 0.0836. The lowest BCUT2D eigenvalue weighted by molar-refractivity contribution is -0.121. The standard InChI is InChI=1S/C13H17NO5/c1-13(2,19-3)7-10(15)14-9-6-4-5-8(11(9)16)12(17)18/h4-6,16H,7H2,1-3H3,(H,14,15)(H,17,18). The number of carboxylic acids is 1. The molecule has 0 aliphatic rings. The van der Waals surface area contributed by atoms with Crippen LogP contribution in [0.3, 0.4) is 0 Å². The average molecular weight is 267 g/mol. The Morgan fingerprint density at radius 3 is 2.53 bits per heavy atom. The lowest BCUT2D eigenvalue weighted by Crippen LogP contribution is -2.29. The number of aromatic carboxylic acids is 1. The number of carbonyl (C=O) groups excluding carboxylic acids is 1. The van der Waals surface area contributed by atoms with Crippen molar-refractivity contribution < 1.29 is 24.5 Å². The summed E-state index contributed by atoms with van der Waals surface area (Å²) < 4.78 is 5.12. The molecule has 0 fully saturated rings. The van der Waals surface area contributed by atoms with Crippen molar-refractivity contribution >= 4 is 17.6 Å². The van der Waals surface area contributed by atoms with Gasteiger partial charge < -0.3 is 20.3 Å². The van der Waals surface area contributed by atoms with Gasteiger partial charge in [0.2, 0.25) is 5.91 Å². The third kappa shape index (κ3) is 3.96. The van der Waals surface area contributed by atoms with Gasteiger partial charge in [0.05, 0.1) is 17.7 Å². The minimum Gasteiger partial charge on any atom is -0.505 e. The Hall–Kier alpha value is -2.08. The van der Waals surface area contributed by atoms with E-state index >= 15 is 0 Å². The zero-order valence-electron chi connectivity index (χ0n) is 11.1. The van der Waals surface area contributed by atoms with E-state index in [0.717, 1.165) is 0 Å². The summed E-state index contributed by atoms with van der Waals surface area (Å²) in [5.41, 5.74) is -0.829. The quantitative estimate of drug-likeness (QED) is 0.707. The van der Waals surface area contributed by atoms with Gasteiger partial charge in [0.25, 0.3) is 0 Å². The summed E-state index contributed by atoms with van der Waals surface area (Å²) >= 11 is 0. The predicted molar refractivity (Wildman–Crippen MR) is 69.4 cm³/mol. The molecule has 19 heavy (non-hydrogen) atoms. The molecule has 1 amide bonds. The predicted octanol–water partition coefficient (Wildman–Crippen LogP) is 1.84. The maximum atomic E-state index is 11.8. The lowest BCUT2D eigenvalue weighted by Gasteiger charge is -2.22. The highest BCUT2D eigenvalue weighted by Gasteiger charge is 2.22. The minimum absolute atomic E-state index is 0.0665. The van der Waals surface area contributed by atoms with E-state index in [9.17, 15) is 14.7 Å². The van der Waals surface area contributed by atoms with Gasteiger partial charge in [0.1, 0.15) is 5.56 Å². The van der Waals surface area contributed by atoms with E-state index in [1.165, 1.54) is 25.3 Å². The molecule has 104 valence electrons. The van der Waals surface area contributed by atoms with Crippen LogP contribution in [-0.4, -0.2) is 34.8 Å². The SMILES string of the molecule is COC(C)(C)CC(=O)Nc1cccc(C(=O)O)c1O. The number of carboxylic acid groups (broad SMARTS) is 1. The first-order valence-corrected chi connectivity index (χ1v) is 5.67. The zero-order chi connectivity index (χ0) is 14.6. The molecule has 0 aliphatic carbocycles. The number of ether oxygens (including phenoxy) is 1. The first kappa shape index (κ1) is 15.0. The Balaban J connectivity index is 2.86. The van der Waals surface area contributed by atoms with E-state index in [1.807, 2.05) is 0 Å². The second kappa shape index (κ2) is 5.71. The summed E-state index contributed by atoms with van der Waals surface area (Å²) in [6, 6.07) is 4.13. The van der Waals surface area contributed by atoms with Gasteiger partial charge >= 0.3 is 5.97 Å². The summed E-state index contributed by atoms with van der Waals surface area (Å²) in [4.78, 5) is 22.6. The minimum atomic E-state index is -1.26. The molecule has 0 bridgehead atoms. The van der Waals surface area contributed by atoms with Crippen LogP contribution in [0.5, 0.6) is 5.75 Å². The molecule has 0 spiro atoms. The number of hydrogen-bond donors (Lipinski definition) is 3. The molecule has 0 aromatic heterocycles. The fraction of sp³-hybridized carbons (Fsp3) is 0.385. The third-order valence-corrected chi connectivity index (χ3v) is 2.68. The van der Waals surface area contributed by atoms with E-state index in [-0.39, 0.29) is 23.6 Å². The van der Waals surface area contributed by atoms with Crippen LogP contribution < -0.4 is 5.32 Å². The maximum absolute atomic E-state index is 11.8. The van der Waals surface area contributed by atoms with E-state index in [4.69, 9.17) is 9.84 Å². The highest BCUT2D eigenvalue weighted by atomic mass is 16.5. The molecular weight excluding hydrogens is 250 g/mol. The summed E-state index contributed by atoms with van der Waals surface area (Å²) in [5, 5.41) is 21.1. The molecule has 1 aromatic rings. The number of benzene rings is 1. The van der Waals surface area contributed by atoms with Gasteiger partial charge in [-0.25, -0.2) is 4.79 Å². The van der Waals surface area contributed by atoms with Gasteiger partial charge in [0.15, 0.2) is 5.75 Å². The normalized spacial score (nSPS) is 11.1. The fourth-order valence-electron chi connectivity index (χ4n) is 1.47. The number of methoxy groups -OCH3 is 1. The van der Waals surface area contributed by atoms with E-state index in [0.29, 0.717) is 0 Å². The number of rotatable bonds is 5. The van der Waals surface area contributed by atoms with Crippen LogP contribution in [-0.2, 0) is 9.53 Å². The number of para-hydroxylation sites is 1. The van der Waals surface area contributed by atoms with E-state index in [2.05, 4.69) is 5.32 Å². The van der Waals surface area contributed by atoms with Crippen molar-refractivity contribution in [2.75, 3.05) is 12.4 Å². The average Bonchev–Trinajstić information content (AvgIpc) is 2.30. The van der Waals surface area contributed by atoms with Gasteiger partial charge in [-0.1, -0.05) is 6.07 Å². The summed E-state index contributed by atoms with van der Waals surface area (Å²) in [6.45, 7) is 3.50. The van der Waals surface area contributed by atoms with Crippen LogP contribution in [0, 0.1) is 0 Å². The molecule has 1 aromatic carbocycles. The highest BCUT2D eigenvalue weighted by molar-refractivity contribution is 5.98. The first-order valence-electron chi connectivity index (χ1n) is 5.67. The van der Waals surface area contributed by atoms with Crippen LogP contribution in [0.4, 0.5) is 5.69 Å². The van der Waals surface area contributed by atoms with Gasteiger partial charge in [-0.2, -0.15) is 0 Å². The largest absolute Gasteiger partial charge is 0.505 e. The monoisotopic (exact) mass is 267 g/mol. The Morgan fingerprint density at radius 1 is 1.37 bits per heavy atom. The number of anilines is 1. The highest BCUT2D eigenvalue weighted by Crippen LogP contribution is 2.28. The fourth-order valence-corrected chi connectivity index (χ4v) is 1.47. The maximum Gasteiger partial charge on any atom is 0.339 e. The van der Waals surface area contributed by atoms with Gasteiger partial charge in [-0.3, -0.25) is 4.79 Å². The van der Waals surface area contributed by atoms with Crippen LogP contribution >= 0.6 is 0 Å². The molecule has 0 saturated heterocycles. The molecular formula is C13H17NO5. The van der Waals surface area contributed by atoms with Gasteiger partial charge in [0, 0.05) is 7.11 Å². The second-order valence-corrected chi connectivity index (χ2v) is 4.70. The molecule has 6 nitrogen and oxygen atoms in total. The number of aromatic hydroxyl groups is 1. The topological polar surface area (TPSA) is 95.9 Å². The van der Waals surface area contributed by atoms with E-state index in [1.54, 1.807) is 13.8 Å². The van der Waals surface area contributed by atoms with Crippen molar-refractivity contribution in [3.8, 4) is 5.75 Å². The van der Waals surface area contributed by atoms with Crippen molar-refractivity contribution in [1.29, 1.82) is 0 Å². The van der Waals surface area contributed by atoms with Crippen LogP contribution in [0.2, 0.25) is 0 Å². The second-order valence-electron chi connectivity index (χ2n) is 4.70. The molecule has 3 N–H and O–H groups in total. The summed E-state index contributed by atoms with van der Waals surface area (Å²) in [7, 11) is 1.50. The number of carbonyl (C=O) groups is 2. The van der Waals surface area contributed by atoms with Crippen LogP contribution in [0.1, 0.15) is 30.6 Å². The Labute approximate surface area is 111 Å². The van der Waals surface area contributed by atoms with Crippen molar-refractivity contribution in [1.82, 2.24) is 0 Å². The Bertz CT molecular complexity index is 496. The smallest absolute Gasteiger partial charge is 0.339 e. The first-order chi connectivity index (χ1) is 8.76. The van der Waals surface area contributed by atoms with Crippen LogP contribution in [0.25, 0.3) is 0 Å². The van der Waals surface area contributed by atoms with Crippen molar-refractivity contribution in [3.05, 3.63) is 23.8 Å². The number of nitrogens with one attached hydrogen (secondary N) is 1. The molecule has 0 heterocycles. The Kier molecular flexibility index (Phi) is 4.50. The van der Waals surface area contributed by atoms with Crippen LogP contribution in [0.15, 0.2) is 18.2 Å². The van der Waals surface area contributed by atoms with E-state index < -0.39 is 17.3 Å². The molecule has 0 saturated carbocycles. The lowest BCUT2D eigenvalue weighted by atomic mass is 10.0. The number of amides is 1. The van der Waals surface area contributed by atoms with Crippen molar-refractivity contribution in [2.24, 2.45) is 0 Å². The number of hydrogen-bond acceptors (Lipinski definition) is 4. The van der Waals surface area contributed by atoms with Gasteiger partial charge in [-0.05, 0) is 26.0 Å². The molecule has 6 heteroatoms. The molecule has 0 unspecified atom stereocenters.